The van der Waals surface area contributed by atoms with Crippen LogP contribution in [0.2, 0.25) is 5.02 Å². The van der Waals surface area contributed by atoms with E-state index in [2.05, 4.69) is 17.1 Å². The number of hydrogen-bond acceptors (Lipinski definition) is 3. The minimum atomic E-state index is -0.326. The highest BCUT2D eigenvalue weighted by atomic mass is 35.5. The maximum absolute atomic E-state index is 13.4. The van der Waals surface area contributed by atoms with Crippen LogP contribution in [-0.2, 0) is 0 Å². The van der Waals surface area contributed by atoms with Crippen LogP contribution in [0.3, 0.4) is 0 Å². The quantitative estimate of drug-likeness (QED) is 0.894. The molecule has 1 aliphatic rings. The lowest BCUT2D eigenvalue weighted by molar-refractivity contribution is 0.184. The van der Waals surface area contributed by atoms with Gasteiger partial charge in [-0.2, -0.15) is 0 Å². The molecule has 0 radical (unpaired) electrons. The lowest BCUT2D eigenvalue weighted by atomic mass is 9.87. The fourth-order valence-electron chi connectivity index (χ4n) is 2.61. The van der Waals surface area contributed by atoms with Crippen molar-refractivity contribution >= 4 is 17.3 Å². The molecule has 19 heavy (non-hydrogen) atoms. The Bertz CT molecular complexity index is 410. The van der Waals surface area contributed by atoms with E-state index in [1.807, 2.05) is 0 Å². The molecular weight excluding hydrogens is 265 g/mol. The molecule has 0 aromatic heterocycles. The molecule has 3 N–H and O–H groups in total. The van der Waals surface area contributed by atoms with E-state index >= 15 is 0 Å². The summed E-state index contributed by atoms with van der Waals surface area (Å²) < 4.78 is 13.4. The Kier molecular flexibility index (Phi) is 4.66. The van der Waals surface area contributed by atoms with Crippen LogP contribution < -0.4 is 11.1 Å². The van der Waals surface area contributed by atoms with Crippen molar-refractivity contribution in [2.75, 3.05) is 31.5 Å². The van der Waals surface area contributed by atoms with E-state index in [4.69, 9.17) is 17.3 Å². The Morgan fingerprint density at radius 3 is 2.58 bits per heavy atom. The van der Waals surface area contributed by atoms with Gasteiger partial charge in [-0.15, -0.1) is 0 Å². The minimum Gasteiger partial charge on any atom is -0.378 e. The van der Waals surface area contributed by atoms with Crippen LogP contribution in [0.4, 0.5) is 10.1 Å². The molecule has 5 heteroatoms. The number of nitrogens with one attached hydrogen (secondary N) is 1. The first kappa shape index (κ1) is 14.6. The first-order chi connectivity index (χ1) is 9.07. The number of anilines is 1. The Morgan fingerprint density at radius 2 is 2.05 bits per heavy atom. The zero-order valence-electron chi connectivity index (χ0n) is 11.3. The Balaban J connectivity index is 2.10. The molecule has 0 saturated carbocycles. The molecule has 0 unspecified atom stereocenters. The standard InChI is InChI=1S/C14H21ClFN3/c1-2-19-5-3-14(10-17,4-6-19)18-13-8-11(15)7-12(16)9-13/h7-9,18H,2-6,10,17H2,1H3. The predicted octanol–water partition coefficient (Wildman–Crippen LogP) is 2.70. The van der Waals surface area contributed by atoms with Crippen LogP contribution in [0.25, 0.3) is 0 Å². The molecule has 0 spiro atoms. The second kappa shape index (κ2) is 6.07. The number of rotatable bonds is 4. The molecule has 1 aromatic carbocycles. The van der Waals surface area contributed by atoms with Crippen molar-refractivity contribution in [3.8, 4) is 0 Å². The number of likely N-dealkylation sites (tertiary alicyclic amines) is 1. The van der Waals surface area contributed by atoms with Crippen molar-refractivity contribution in [3.63, 3.8) is 0 Å². The van der Waals surface area contributed by atoms with Gasteiger partial charge < -0.3 is 16.0 Å². The summed E-state index contributed by atoms with van der Waals surface area (Å²) >= 11 is 5.88. The number of hydrogen-bond donors (Lipinski definition) is 2. The van der Waals surface area contributed by atoms with Gasteiger partial charge in [0.2, 0.25) is 0 Å². The fourth-order valence-corrected chi connectivity index (χ4v) is 2.83. The lowest BCUT2D eigenvalue weighted by Gasteiger charge is -2.42. The molecule has 1 aliphatic heterocycles. The first-order valence-corrected chi connectivity index (χ1v) is 7.11. The summed E-state index contributed by atoms with van der Waals surface area (Å²) in [6.07, 6.45) is 1.93. The lowest BCUT2D eigenvalue weighted by Crippen LogP contribution is -2.53. The van der Waals surface area contributed by atoms with Crippen LogP contribution >= 0.6 is 11.6 Å². The largest absolute Gasteiger partial charge is 0.378 e. The van der Waals surface area contributed by atoms with Gasteiger partial charge in [0.15, 0.2) is 0 Å². The summed E-state index contributed by atoms with van der Waals surface area (Å²) in [5.74, 6) is -0.326. The van der Waals surface area contributed by atoms with Gasteiger partial charge in [-0.1, -0.05) is 18.5 Å². The monoisotopic (exact) mass is 285 g/mol. The van der Waals surface area contributed by atoms with Crippen LogP contribution in [0.15, 0.2) is 18.2 Å². The Morgan fingerprint density at radius 1 is 1.37 bits per heavy atom. The number of halogens is 2. The normalized spacial score (nSPS) is 19.4. The number of nitrogens with zero attached hydrogens (tertiary/aromatic N) is 1. The van der Waals surface area contributed by atoms with Gasteiger partial charge in [0, 0.05) is 30.3 Å². The molecule has 0 amide bonds. The molecule has 1 aromatic rings. The average molecular weight is 286 g/mol. The van der Waals surface area contributed by atoms with Crippen LogP contribution in [-0.4, -0.2) is 36.6 Å². The van der Waals surface area contributed by atoms with Gasteiger partial charge in [0.1, 0.15) is 5.82 Å². The zero-order valence-corrected chi connectivity index (χ0v) is 12.0. The number of piperidine rings is 1. The summed E-state index contributed by atoms with van der Waals surface area (Å²) in [6.45, 7) is 5.80. The highest BCUT2D eigenvalue weighted by molar-refractivity contribution is 6.30. The van der Waals surface area contributed by atoms with Crippen molar-refractivity contribution in [3.05, 3.63) is 29.0 Å². The van der Waals surface area contributed by atoms with E-state index in [0.717, 1.165) is 32.5 Å². The SMILES string of the molecule is CCN1CCC(CN)(Nc2cc(F)cc(Cl)c2)CC1. The zero-order chi connectivity index (χ0) is 13.9. The van der Waals surface area contributed by atoms with Crippen LogP contribution in [0, 0.1) is 5.82 Å². The molecule has 3 nitrogen and oxygen atoms in total. The van der Waals surface area contributed by atoms with E-state index in [9.17, 15) is 4.39 Å². The van der Waals surface area contributed by atoms with Crippen LogP contribution in [0.5, 0.6) is 0 Å². The van der Waals surface area contributed by atoms with Gasteiger partial charge >= 0.3 is 0 Å². The van der Waals surface area contributed by atoms with Crippen molar-refractivity contribution in [1.82, 2.24) is 4.90 Å². The Hall–Kier alpha value is -0.840. The maximum atomic E-state index is 13.4. The summed E-state index contributed by atoms with van der Waals surface area (Å²) in [5.41, 5.74) is 6.50. The maximum Gasteiger partial charge on any atom is 0.126 e. The van der Waals surface area contributed by atoms with E-state index in [1.165, 1.54) is 12.1 Å². The van der Waals surface area contributed by atoms with Crippen LogP contribution in [0.1, 0.15) is 19.8 Å². The molecule has 1 fully saturated rings. The molecule has 0 atom stereocenters. The number of nitrogens with two attached hydrogens (primary N) is 1. The van der Waals surface area contributed by atoms with Crippen molar-refractivity contribution in [2.24, 2.45) is 5.73 Å². The molecule has 1 saturated heterocycles. The van der Waals surface area contributed by atoms with Gasteiger partial charge in [-0.25, -0.2) is 4.39 Å². The highest BCUT2D eigenvalue weighted by Crippen LogP contribution is 2.28. The average Bonchev–Trinajstić information content (AvgIpc) is 2.38. The summed E-state index contributed by atoms with van der Waals surface area (Å²) in [5, 5.41) is 3.80. The van der Waals surface area contributed by atoms with E-state index in [1.54, 1.807) is 6.07 Å². The van der Waals surface area contributed by atoms with Gasteiger partial charge in [-0.05, 0) is 37.6 Å². The van der Waals surface area contributed by atoms with Crippen molar-refractivity contribution in [2.45, 2.75) is 25.3 Å². The third-order valence-corrected chi connectivity index (χ3v) is 4.14. The smallest absolute Gasteiger partial charge is 0.126 e. The molecular formula is C14H21ClFN3. The Labute approximate surface area is 118 Å². The summed E-state index contributed by atoms with van der Waals surface area (Å²) in [4.78, 5) is 2.40. The minimum absolute atomic E-state index is 0.150. The van der Waals surface area contributed by atoms with Gasteiger partial charge in [0.25, 0.3) is 0 Å². The molecule has 0 aliphatic carbocycles. The third kappa shape index (κ3) is 3.59. The third-order valence-electron chi connectivity index (χ3n) is 3.92. The van der Waals surface area contributed by atoms with Gasteiger partial charge in [0.05, 0.1) is 5.54 Å². The van der Waals surface area contributed by atoms with E-state index < -0.39 is 0 Å². The fraction of sp³-hybridized carbons (Fsp3) is 0.571. The van der Waals surface area contributed by atoms with Crippen molar-refractivity contribution in [1.29, 1.82) is 0 Å². The van der Waals surface area contributed by atoms with E-state index in [-0.39, 0.29) is 11.4 Å². The van der Waals surface area contributed by atoms with Crippen molar-refractivity contribution < 1.29 is 4.39 Å². The molecule has 106 valence electrons. The molecule has 0 bridgehead atoms. The summed E-state index contributed by atoms with van der Waals surface area (Å²) in [7, 11) is 0. The first-order valence-electron chi connectivity index (χ1n) is 6.73. The molecule has 1 heterocycles. The second-order valence-electron chi connectivity index (χ2n) is 5.20. The van der Waals surface area contributed by atoms with E-state index in [0.29, 0.717) is 17.3 Å². The topological polar surface area (TPSA) is 41.3 Å². The molecule has 2 rings (SSSR count). The highest BCUT2D eigenvalue weighted by Gasteiger charge is 2.32. The number of benzene rings is 1. The summed E-state index contributed by atoms with van der Waals surface area (Å²) in [6, 6.07) is 4.52. The second-order valence-corrected chi connectivity index (χ2v) is 5.64. The predicted molar refractivity (Wildman–Crippen MR) is 78.2 cm³/mol. The van der Waals surface area contributed by atoms with Gasteiger partial charge in [-0.3, -0.25) is 0 Å².